The zero-order chi connectivity index (χ0) is 12.7. The van der Waals surface area contributed by atoms with Crippen LogP contribution in [-0.4, -0.2) is 23.5 Å². The summed E-state index contributed by atoms with van der Waals surface area (Å²) in [5, 5.41) is 11.6. The van der Waals surface area contributed by atoms with Crippen LogP contribution in [-0.2, 0) is 16.0 Å². The topological polar surface area (TPSA) is 58.9 Å². The summed E-state index contributed by atoms with van der Waals surface area (Å²) in [7, 11) is 0. The molecular weight excluding hydrogens is 225 g/mol. The van der Waals surface area contributed by atoms with Crippen LogP contribution in [0.25, 0.3) is 0 Å². The van der Waals surface area contributed by atoms with Crippen molar-refractivity contribution in [2.45, 2.75) is 19.8 Å². The lowest BCUT2D eigenvalue weighted by Gasteiger charge is -2.04. The van der Waals surface area contributed by atoms with Crippen molar-refractivity contribution in [3.63, 3.8) is 0 Å². The minimum absolute atomic E-state index is 0.0313. The highest BCUT2D eigenvalue weighted by Gasteiger charge is 2.13. The number of ether oxygens (including phenoxy) is 1. The molecule has 0 saturated carbocycles. The minimum Gasteiger partial charge on any atom is -0.461 e. The molecule has 1 aromatic rings. The van der Waals surface area contributed by atoms with Gasteiger partial charge in [0.25, 0.3) is 0 Å². The van der Waals surface area contributed by atoms with E-state index in [0.717, 1.165) is 5.56 Å². The number of aryl methyl sites for hydroxylation is 1. The molecule has 1 rings (SSSR count). The summed E-state index contributed by atoms with van der Waals surface area (Å²) >= 11 is 0. The van der Waals surface area contributed by atoms with Crippen molar-refractivity contribution in [2.75, 3.05) is 6.61 Å². The summed E-state index contributed by atoms with van der Waals surface area (Å²) in [6.07, 6.45) is 0.736. The van der Waals surface area contributed by atoms with Gasteiger partial charge in [-0.2, -0.15) is 0 Å². The Balaban J connectivity index is 2.54. The standard InChI is InChI=1S/C12H14FNO3/c1-2-17-12(15)11(14-16)8-5-9-3-6-10(13)7-4-9/h3-4,6-7,16H,2,5,8H2,1H3/b14-11-. The van der Waals surface area contributed by atoms with Crippen molar-refractivity contribution in [1.82, 2.24) is 0 Å². The van der Waals surface area contributed by atoms with E-state index >= 15 is 0 Å². The van der Waals surface area contributed by atoms with Crippen molar-refractivity contribution in [3.8, 4) is 0 Å². The number of benzene rings is 1. The molecule has 4 nitrogen and oxygen atoms in total. The Morgan fingerprint density at radius 3 is 2.59 bits per heavy atom. The molecule has 1 N–H and O–H groups in total. The van der Waals surface area contributed by atoms with Crippen molar-refractivity contribution in [1.29, 1.82) is 0 Å². The second kappa shape index (κ2) is 6.62. The van der Waals surface area contributed by atoms with Crippen molar-refractivity contribution in [3.05, 3.63) is 35.6 Å². The highest BCUT2D eigenvalue weighted by molar-refractivity contribution is 6.36. The van der Waals surface area contributed by atoms with Gasteiger partial charge in [-0.3, -0.25) is 0 Å². The third kappa shape index (κ3) is 4.22. The third-order valence-corrected chi connectivity index (χ3v) is 2.20. The fourth-order valence-corrected chi connectivity index (χ4v) is 1.32. The molecular formula is C12H14FNO3. The first-order chi connectivity index (χ1) is 8.17. The summed E-state index contributed by atoms with van der Waals surface area (Å²) in [6, 6.07) is 5.93. The van der Waals surface area contributed by atoms with E-state index in [9.17, 15) is 9.18 Å². The second-order valence-corrected chi connectivity index (χ2v) is 3.39. The van der Waals surface area contributed by atoms with Gasteiger partial charge in [0, 0.05) is 6.42 Å². The average Bonchev–Trinajstić information content (AvgIpc) is 2.32. The minimum atomic E-state index is -0.628. The van der Waals surface area contributed by atoms with Crippen molar-refractivity contribution < 1.29 is 19.1 Å². The van der Waals surface area contributed by atoms with Crippen molar-refractivity contribution in [2.24, 2.45) is 5.16 Å². The van der Waals surface area contributed by atoms with Gasteiger partial charge in [0.05, 0.1) is 6.61 Å². The van der Waals surface area contributed by atoms with Crippen LogP contribution in [0.3, 0.4) is 0 Å². The fraction of sp³-hybridized carbons (Fsp3) is 0.333. The molecule has 0 saturated heterocycles. The summed E-state index contributed by atoms with van der Waals surface area (Å²) in [4.78, 5) is 11.3. The summed E-state index contributed by atoms with van der Waals surface area (Å²) in [6.45, 7) is 1.90. The number of nitrogens with zero attached hydrogens (tertiary/aromatic N) is 1. The molecule has 0 spiro atoms. The monoisotopic (exact) mass is 239 g/mol. The smallest absolute Gasteiger partial charge is 0.356 e. The van der Waals surface area contributed by atoms with Crippen LogP contribution in [0.15, 0.2) is 29.4 Å². The molecule has 0 aliphatic carbocycles. The first-order valence-corrected chi connectivity index (χ1v) is 5.30. The Morgan fingerprint density at radius 2 is 2.06 bits per heavy atom. The third-order valence-electron chi connectivity index (χ3n) is 2.20. The quantitative estimate of drug-likeness (QED) is 0.370. The maximum Gasteiger partial charge on any atom is 0.356 e. The number of hydrogen-bond acceptors (Lipinski definition) is 4. The Labute approximate surface area is 98.7 Å². The van der Waals surface area contributed by atoms with E-state index < -0.39 is 5.97 Å². The number of hydrogen-bond donors (Lipinski definition) is 1. The molecule has 0 aliphatic heterocycles. The Morgan fingerprint density at radius 1 is 1.41 bits per heavy atom. The van der Waals surface area contributed by atoms with Gasteiger partial charge < -0.3 is 9.94 Å². The Kier molecular flexibility index (Phi) is 5.13. The van der Waals surface area contributed by atoms with Crippen LogP contribution in [0.1, 0.15) is 18.9 Å². The number of rotatable bonds is 5. The predicted octanol–water partition coefficient (Wildman–Crippen LogP) is 2.15. The number of esters is 1. The van der Waals surface area contributed by atoms with E-state index in [1.54, 1.807) is 19.1 Å². The zero-order valence-corrected chi connectivity index (χ0v) is 9.52. The zero-order valence-electron chi connectivity index (χ0n) is 9.52. The summed E-state index contributed by atoms with van der Waals surface area (Å²) in [5.41, 5.74) is 0.827. The van der Waals surface area contributed by atoms with E-state index in [1.807, 2.05) is 0 Å². The maximum atomic E-state index is 12.6. The lowest BCUT2D eigenvalue weighted by atomic mass is 10.1. The van der Waals surface area contributed by atoms with Crippen LogP contribution in [0.5, 0.6) is 0 Å². The molecule has 0 aromatic heterocycles. The molecule has 0 bridgehead atoms. The van der Waals surface area contributed by atoms with Crippen molar-refractivity contribution >= 4 is 11.7 Å². The first-order valence-electron chi connectivity index (χ1n) is 5.30. The normalized spacial score (nSPS) is 11.3. The average molecular weight is 239 g/mol. The van der Waals surface area contributed by atoms with Gasteiger partial charge in [-0.1, -0.05) is 17.3 Å². The Bertz CT molecular complexity index is 401. The molecule has 0 radical (unpaired) electrons. The molecule has 0 unspecified atom stereocenters. The van der Waals surface area contributed by atoms with E-state index in [-0.39, 0.29) is 24.6 Å². The first kappa shape index (κ1) is 13.2. The molecule has 0 amide bonds. The van der Waals surface area contributed by atoms with Crippen LogP contribution >= 0.6 is 0 Å². The molecule has 0 aliphatic rings. The lowest BCUT2D eigenvalue weighted by Crippen LogP contribution is -2.18. The molecule has 0 heterocycles. The van der Waals surface area contributed by atoms with Crippen LogP contribution in [0, 0.1) is 5.82 Å². The molecule has 5 heteroatoms. The number of carbonyl (C=O) groups excluding carboxylic acids is 1. The van der Waals surface area contributed by atoms with E-state index in [2.05, 4.69) is 5.16 Å². The molecule has 17 heavy (non-hydrogen) atoms. The molecule has 92 valence electrons. The number of carbonyl (C=O) groups is 1. The van der Waals surface area contributed by atoms with Crippen LogP contribution in [0.2, 0.25) is 0 Å². The van der Waals surface area contributed by atoms with Gasteiger partial charge in [0.1, 0.15) is 5.82 Å². The van der Waals surface area contributed by atoms with Gasteiger partial charge in [0.15, 0.2) is 5.71 Å². The number of halogens is 1. The molecule has 1 aromatic carbocycles. The predicted molar refractivity (Wildman–Crippen MR) is 60.6 cm³/mol. The van der Waals surface area contributed by atoms with Gasteiger partial charge in [-0.15, -0.1) is 0 Å². The van der Waals surface area contributed by atoms with Gasteiger partial charge in [-0.25, -0.2) is 9.18 Å². The lowest BCUT2D eigenvalue weighted by molar-refractivity contribution is -0.135. The van der Waals surface area contributed by atoms with E-state index in [0.29, 0.717) is 6.42 Å². The van der Waals surface area contributed by atoms with Gasteiger partial charge >= 0.3 is 5.97 Å². The Hall–Kier alpha value is -1.91. The largest absolute Gasteiger partial charge is 0.461 e. The highest BCUT2D eigenvalue weighted by Crippen LogP contribution is 2.06. The van der Waals surface area contributed by atoms with E-state index in [4.69, 9.17) is 9.94 Å². The maximum absolute atomic E-state index is 12.6. The summed E-state index contributed by atoms with van der Waals surface area (Å²) < 4.78 is 17.4. The fourth-order valence-electron chi connectivity index (χ4n) is 1.32. The molecule has 0 fully saturated rings. The summed E-state index contributed by atoms with van der Waals surface area (Å²) in [5.74, 6) is -0.938. The SMILES string of the molecule is CCOC(=O)/C(CCc1ccc(F)cc1)=N\O. The van der Waals surface area contributed by atoms with Gasteiger partial charge in [0.2, 0.25) is 0 Å². The highest BCUT2D eigenvalue weighted by atomic mass is 19.1. The van der Waals surface area contributed by atoms with E-state index in [1.165, 1.54) is 12.1 Å². The van der Waals surface area contributed by atoms with Gasteiger partial charge in [-0.05, 0) is 31.0 Å². The van der Waals surface area contributed by atoms with Crippen LogP contribution in [0.4, 0.5) is 4.39 Å². The van der Waals surface area contributed by atoms with Crippen LogP contribution < -0.4 is 0 Å². The molecule has 0 atom stereocenters. The number of oxime groups is 1. The second-order valence-electron chi connectivity index (χ2n) is 3.39.